The standard InChI is InChI=1S/C11H11FO/c1-6-7(2)11(13)8-4-3-5-9(12)10(6)8/h3-7H,1-2H3. The predicted molar refractivity (Wildman–Crippen MR) is 48.3 cm³/mol. The van der Waals surface area contributed by atoms with Gasteiger partial charge in [0.1, 0.15) is 5.82 Å². The van der Waals surface area contributed by atoms with Gasteiger partial charge in [0.2, 0.25) is 0 Å². The van der Waals surface area contributed by atoms with Crippen LogP contribution in [-0.2, 0) is 0 Å². The van der Waals surface area contributed by atoms with Crippen molar-refractivity contribution in [1.82, 2.24) is 0 Å². The Kier molecular flexibility index (Phi) is 1.72. The Morgan fingerprint density at radius 1 is 1.23 bits per heavy atom. The fourth-order valence-electron chi connectivity index (χ4n) is 1.94. The van der Waals surface area contributed by atoms with Crippen molar-refractivity contribution in [2.45, 2.75) is 19.8 Å². The molecular weight excluding hydrogens is 167 g/mol. The summed E-state index contributed by atoms with van der Waals surface area (Å²) in [5.74, 6) is -0.236. The van der Waals surface area contributed by atoms with Crippen molar-refractivity contribution in [2.75, 3.05) is 0 Å². The van der Waals surface area contributed by atoms with Crippen molar-refractivity contribution >= 4 is 5.78 Å². The summed E-state index contributed by atoms with van der Waals surface area (Å²) in [5, 5.41) is 0. The van der Waals surface area contributed by atoms with Crippen LogP contribution in [0.15, 0.2) is 18.2 Å². The Hall–Kier alpha value is -1.18. The Morgan fingerprint density at radius 2 is 1.92 bits per heavy atom. The second-order valence-corrected chi connectivity index (χ2v) is 3.64. The zero-order chi connectivity index (χ0) is 9.59. The van der Waals surface area contributed by atoms with Crippen LogP contribution in [0, 0.1) is 11.7 Å². The highest BCUT2D eigenvalue weighted by Gasteiger charge is 2.35. The number of fused-ring (bicyclic) bond motifs is 1. The van der Waals surface area contributed by atoms with E-state index in [4.69, 9.17) is 0 Å². The molecule has 0 saturated heterocycles. The fourth-order valence-corrected chi connectivity index (χ4v) is 1.94. The molecule has 0 bridgehead atoms. The molecule has 1 nitrogen and oxygen atoms in total. The number of rotatable bonds is 0. The molecule has 0 amide bonds. The first-order valence-corrected chi connectivity index (χ1v) is 4.45. The highest BCUT2D eigenvalue weighted by atomic mass is 19.1. The first-order chi connectivity index (χ1) is 6.13. The Labute approximate surface area is 76.6 Å². The lowest BCUT2D eigenvalue weighted by atomic mass is 9.96. The monoisotopic (exact) mass is 178 g/mol. The van der Waals surface area contributed by atoms with E-state index in [0.717, 1.165) is 0 Å². The van der Waals surface area contributed by atoms with Crippen LogP contribution in [0.1, 0.15) is 35.7 Å². The fraction of sp³-hybridized carbons (Fsp3) is 0.364. The van der Waals surface area contributed by atoms with E-state index in [1.807, 2.05) is 13.8 Å². The van der Waals surface area contributed by atoms with Crippen LogP contribution in [0.2, 0.25) is 0 Å². The minimum absolute atomic E-state index is 0.0173. The summed E-state index contributed by atoms with van der Waals surface area (Å²) in [4.78, 5) is 11.6. The van der Waals surface area contributed by atoms with Gasteiger partial charge in [0.05, 0.1) is 0 Å². The molecule has 2 rings (SSSR count). The second-order valence-electron chi connectivity index (χ2n) is 3.64. The molecule has 13 heavy (non-hydrogen) atoms. The largest absolute Gasteiger partial charge is 0.294 e. The molecule has 1 aliphatic rings. The third-order valence-corrected chi connectivity index (χ3v) is 2.94. The van der Waals surface area contributed by atoms with Crippen molar-refractivity contribution in [3.05, 3.63) is 35.1 Å². The molecule has 2 unspecified atom stereocenters. The lowest BCUT2D eigenvalue weighted by Gasteiger charge is -2.07. The van der Waals surface area contributed by atoms with E-state index in [1.54, 1.807) is 12.1 Å². The molecule has 0 aromatic heterocycles. The summed E-state index contributed by atoms with van der Waals surface area (Å²) < 4.78 is 13.3. The number of ketones is 1. The normalized spacial score (nSPS) is 26.2. The highest BCUT2D eigenvalue weighted by Crippen LogP contribution is 2.38. The quantitative estimate of drug-likeness (QED) is 0.597. The summed E-state index contributed by atoms with van der Waals surface area (Å²) in [6.07, 6.45) is 0. The first-order valence-electron chi connectivity index (χ1n) is 4.45. The van der Waals surface area contributed by atoms with Crippen molar-refractivity contribution < 1.29 is 9.18 Å². The number of benzene rings is 1. The molecule has 0 heterocycles. The van der Waals surface area contributed by atoms with Gasteiger partial charge in [-0.15, -0.1) is 0 Å². The Morgan fingerprint density at radius 3 is 2.54 bits per heavy atom. The molecule has 1 aromatic rings. The number of halogens is 1. The summed E-state index contributed by atoms with van der Waals surface area (Å²) in [7, 11) is 0. The summed E-state index contributed by atoms with van der Waals surface area (Å²) >= 11 is 0. The van der Waals surface area contributed by atoms with Crippen LogP contribution in [0.25, 0.3) is 0 Å². The van der Waals surface area contributed by atoms with E-state index in [1.165, 1.54) is 6.07 Å². The molecule has 68 valence electrons. The van der Waals surface area contributed by atoms with Gasteiger partial charge < -0.3 is 0 Å². The Balaban J connectivity index is 2.66. The van der Waals surface area contributed by atoms with Crippen LogP contribution in [0.4, 0.5) is 4.39 Å². The first kappa shape index (κ1) is 8.42. The topological polar surface area (TPSA) is 17.1 Å². The van der Waals surface area contributed by atoms with Crippen molar-refractivity contribution in [2.24, 2.45) is 5.92 Å². The molecule has 0 fully saturated rings. The minimum atomic E-state index is -0.247. The van der Waals surface area contributed by atoms with E-state index in [-0.39, 0.29) is 23.4 Å². The van der Waals surface area contributed by atoms with E-state index in [9.17, 15) is 9.18 Å². The van der Waals surface area contributed by atoms with Crippen LogP contribution in [0.5, 0.6) is 0 Å². The van der Waals surface area contributed by atoms with E-state index in [2.05, 4.69) is 0 Å². The zero-order valence-corrected chi connectivity index (χ0v) is 7.67. The zero-order valence-electron chi connectivity index (χ0n) is 7.67. The van der Waals surface area contributed by atoms with E-state index in [0.29, 0.717) is 11.1 Å². The summed E-state index contributed by atoms with van der Waals surface area (Å²) in [6.45, 7) is 3.75. The van der Waals surface area contributed by atoms with Crippen molar-refractivity contribution in [3.63, 3.8) is 0 Å². The number of hydrogen-bond acceptors (Lipinski definition) is 1. The van der Waals surface area contributed by atoms with Gasteiger partial charge in [0.15, 0.2) is 5.78 Å². The molecule has 0 spiro atoms. The van der Waals surface area contributed by atoms with Crippen LogP contribution < -0.4 is 0 Å². The second kappa shape index (κ2) is 2.66. The molecular formula is C11H11FO. The summed E-state index contributed by atoms with van der Waals surface area (Å²) in [6, 6.07) is 4.72. The molecule has 0 saturated carbocycles. The smallest absolute Gasteiger partial charge is 0.166 e. The maximum atomic E-state index is 13.3. The molecule has 0 aliphatic heterocycles. The van der Waals surface area contributed by atoms with Gasteiger partial charge >= 0.3 is 0 Å². The molecule has 2 atom stereocenters. The third kappa shape index (κ3) is 1.01. The van der Waals surface area contributed by atoms with Crippen LogP contribution in [-0.4, -0.2) is 5.78 Å². The number of Topliss-reactive ketones (excluding diaryl/α,β-unsaturated/α-hetero) is 1. The summed E-state index contributed by atoms with van der Waals surface area (Å²) in [5.41, 5.74) is 1.17. The maximum absolute atomic E-state index is 13.3. The Bertz CT molecular complexity index is 370. The van der Waals surface area contributed by atoms with E-state index < -0.39 is 0 Å². The average Bonchev–Trinajstić information content (AvgIpc) is 2.33. The molecule has 0 radical (unpaired) electrons. The van der Waals surface area contributed by atoms with Crippen molar-refractivity contribution in [3.8, 4) is 0 Å². The van der Waals surface area contributed by atoms with Gasteiger partial charge in [-0.1, -0.05) is 26.0 Å². The van der Waals surface area contributed by atoms with Gasteiger partial charge in [-0.2, -0.15) is 0 Å². The van der Waals surface area contributed by atoms with Gasteiger partial charge in [-0.3, -0.25) is 4.79 Å². The lowest BCUT2D eigenvalue weighted by Crippen LogP contribution is -2.06. The third-order valence-electron chi connectivity index (χ3n) is 2.94. The number of hydrogen-bond donors (Lipinski definition) is 0. The van der Waals surface area contributed by atoms with Gasteiger partial charge in [0, 0.05) is 17.0 Å². The molecule has 1 aromatic carbocycles. The van der Waals surface area contributed by atoms with Crippen LogP contribution >= 0.6 is 0 Å². The number of carbonyl (C=O) groups is 1. The maximum Gasteiger partial charge on any atom is 0.166 e. The minimum Gasteiger partial charge on any atom is -0.294 e. The highest BCUT2D eigenvalue weighted by molar-refractivity contribution is 6.02. The average molecular weight is 178 g/mol. The molecule has 2 heteroatoms. The lowest BCUT2D eigenvalue weighted by molar-refractivity contribution is 0.0937. The van der Waals surface area contributed by atoms with Gasteiger partial charge in [0.25, 0.3) is 0 Å². The number of carbonyl (C=O) groups excluding carboxylic acids is 1. The van der Waals surface area contributed by atoms with E-state index >= 15 is 0 Å². The van der Waals surface area contributed by atoms with Crippen molar-refractivity contribution in [1.29, 1.82) is 0 Å². The predicted octanol–water partition coefficient (Wildman–Crippen LogP) is 2.76. The molecule has 1 aliphatic carbocycles. The van der Waals surface area contributed by atoms with Gasteiger partial charge in [-0.05, 0) is 12.0 Å². The van der Waals surface area contributed by atoms with Gasteiger partial charge in [-0.25, -0.2) is 4.39 Å². The van der Waals surface area contributed by atoms with Crippen LogP contribution in [0.3, 0.4) is 0 Å². The SMILES string of the molecule is CC1C(=O)c2cccc(F)c2C1C. The molecule has 0 N–H and O–H groups in total.